The second-order valence-corrected chi connectivity index (χ2v) is 8.07. The van der Waals surface area contributed by atoms with Gasteiger partial charge in [0, 0.05) is 30.2 Å². The van der Waals surface area contributed by atoms with Gasteiger partial charge in [-0.05, 0) is 67.8 Å². The fourth-order valence-electron chi connectivity index (χ4n) is 4.26. The van der Waals surface area contributed by atoms with Crippen molar-refractivity contribution in [3.8, 4) is 5.75 Å². The van der Waals surface area contributed by atoms with Gasteiger partial charge in [0.15, 0.2) is 6.54 Å². The number of quaternary nitrogens is 1. The van der Waals surface area contributed by atoms with Gasteiger partial charge in [0.1, 0.15) is 5.75 Å². The molecule has 29 heavy (non-hydrogen) atoms. The van der Waals surface area contributed by atoms with E-state index in [-0.39, 0.29) is 5.91 Å². The predicted octanol–water partition coefficient (Wildman–Crippen LogP) is 1.73. The summed E-state index contributed by atoms with van der Waals surface area (Å²) < 4.78 is 0. The number of amides is 1. The number of piperidine rings is 1. The van der Waals surface area contributed by atoms with E-state index in [1.165, 1.54) is 29.8 Å². The van der Waals surface area contributed by atoms with Gasteiger partial charge in [0.25, 0.3) is 5.91 Å². The molecule has 0 radical (unpaired) electrons. The summed E-state index contributed by atoms with van der Waals surface area (Å²) >= 11 is 0. The van der Waals surface area contributed by atoms with Crippen LogP contribution in [0, 0.1) is 0 Å². The van der Waals surface area contributed by atoms with Crippen molar-refractivity contribution >= 4 is 23.0 Å². The van der Waals surface area contributed by atoms with E-state index in [4.69, 9.17) is 0 Å². The molecule has 0 aromatic heterocycles. The number of phenolic OH excluding ortho intramolecular Hbond substituents is 1. The van der Waals surface area contributed by atoms with Gasteiger partial charge in [-0.15, -0.1) is 0 Å². The molecule has 2 saturated heterocycles. The van der Waals surface area contributed by atoms with E-state index in [9.17, 15) is 9.90 Å². The van der Waals surface area contributed by atoms with Crippen LogP contribution in [-0.2, 0) is 4.79 Å². The molecule has 2 aliphatic heterocycles. The van der Waals surface area contributed by atoms with Crippen molar-refractivity contribution in [3.63, 3.8) is 0 Å². The van der Waals surface area contributed by atoms with Crippen molar-refractivity contribution in [3.05, 3.63) is 48.5 Å². The quantitative estimate of drug-likeness (QED) is 0.722. The summed E-state index contributed by atoms with van der Waals surface area (Å²) in [7, 11) is 0. The smallest absolute Gasteiger partial charge is 0.279 e. The molecule has 2 heterocycles. The van der Waals surface area contributed by atoms with Crippen LogP contribution in [-0.4, -0.2) is 56.8 Å². The van der Waals surface area contributed by atoms with Crippen molar-refractivity contribution in [2.45, 2.75) is 19.3 Å². The molecular weight excluding hydrogens is 364 g/mol. The molecule has 0 spiro atoms. The predicted molar refractivity (Wildman–Crippen MR) is 117 cm³/mol. The zero-order valence-corrected chi connectivity index (χ0v) is 16.9. The molecule has 0 atom stereocenters. The van der Waals surface area contributed by atoms with Crippen molar-refractivity contribution in [2.24, 2.45) is 0 Å². The Hall–Kier alpha value is -2.73. The van der Waals surface area contributed by atoms with Crippen LogP contribution in [0.25, 0.3) is 0 Å². The molecule has 1 amide bonds. The second-order valence-electron chi connectivity index (χ2n) is 8.07. The molecule has 0 aliphatic carbocycles. The van der Waals surface area contributed by atoms with Crippen LogP contribution < -0.4 is 20.0 Å². The Morgan fingerprint density at radius 3 is 2.00 bits per heavy atom. The lowest BCUT2D eigenvalue weighted by atomic mass is 10.1. The van der Waals surface area contributed by atoms with Crippen LogP contribution in [0.3, 0.4) is 0 Å². The van der Waals surface area contributed by atoms with Crippen molar-refractivity contribution in [2.75, 3.05) is 60.9 Å². The monoisotopic (exact) mass is 395 g/mol. The number of hydrogen-bond donors (Lipinski definition) is 3. The van der Waals surface area contributed by atoms with Crippen LogP contribution in [0.1, 0.15) is 19.3 Å². The molecule has 4 rings (SSSR count). The molecule has 0 saturated carbocycles. The van der Waals surface area contributed by atoms with Gasteiger partial charge in [-0.25, -0.2) is 0 Å². The normalized spacial score (nSPS) is 17.9. The highest BCUT2D eigenvalue weighted by Crippen LogP contribution is 2.22. The number of anilines is 3. The van der Waals surface area contributed by atoms with E-state index in [0.717, 1.165) is 50.6 Å². The van der Waals surface area contributed by atoms with Gasteiger partial charge in [-0.2, -0.15) is 0 Å². The van der Waals surface area contributed by atoms with E-state index < -0.39 is 0 Å². The fourth-order valence-corrected chi connectivity index (χ4v) is 4.26. The Bertz CT molecular complexity index is 793. The molecular formula is C23H31N4O2+. The number of benzene rings is 2. The van der Waals surface area contributed by atoms with Crippen LogP contribution in [0.5, 0.6) is 5.75 Å². The summed E-state index contributed by atoms with van der Waals surface area (Å²) in [6.07, 6.45) is 3.86. The largest absolute Gasteiger partial charge is 0.508 e. The summed E-state index contributed by atoms with van der Waals surface area (Å²) in [4.78, 5) is 18.5. The number of rotatable bonds is 5. The average molecular weight is 396 g/mol. The third-order valence-electron chi connectivity index (χ3n) is 5.97. The Labute approximate surface area is 172 Å². The molecule has 6 heteroatoms. The van der Waals surface area contributed by atoms with Gasteiger partial charge in [0.05, 0.1) is 26.2 Å². The molecule has 2 fully saturated rings. The van der Waals surface area contributed by atoms with Gasteiger partial charge < -0.3 is 25.1 Å². The lowest BCUT2D eigenvalue weighted by Gasteiger charge is -2.33. The summed E-state index contributed by atoms with van der Waals surface area (Å²) in [5.74, 6) is 0.363. The maximum Gasteiger partial charge on any atom is 0.279 e. The maximum absolute atomic E-state index is 12.5. The third kappa shape index (κ3) is 5.21. The van der Waals surface area contributed by atoms with Crippen LogP contribution >= 0.6 is 0 Å². The number of piperazine rings is 1. The number of phenols is 1. The highest BCUT2D eigenvalue weighted by Gasteiger charge is 2.22. The number of aromatic hydroxyl groups is 1. The summed E-state index contributed by atoms with van der Waals surface area (Å²) in [6, 6.07) is 15.6. The Kier molecular flexibility index (Phi) is 6.20. The van der Waals surface area contributed by atoms with Crippen LogP contribution in [0.4, 0.5) is 17.1 Å². The van der Waals surface area contributed by atoms with E-state index >= 15 is 0 Å². The molecule has 2 aliphatic rings. The minimum absolute atomic E-state index is 0.0730. The summed E-state index contributed by atoms with van der Waals surface area (Å²) in [5.41, 5.74) is 3.25. The van der Waals surface area contributed by atoms with Gasteiger partial charge in [-0.1, -0.05) is 0 Å². The number of hydrogen-bond acceptors (Lipinski definition) is 4. The van der Waals surface area contributed by atoms with Crippen molar-refractivity contribution < 1.29 is 14.8 Å². The summed E-state index contributed by atoms with van der Waals surface area (Å²) in [6.45, 7) is 6.45. The molecule has 0 unspecified atom stereocenters. The first-order valence-electron chi connectivity index (χ1n) is 10.7. The zero-order chi connectivity index (χ0) is 20.1. The Morgan fingerprint density at radius 2 is 1.38 bits per heavy atom. The molecule has 0 bridgehead atoms. The third-order valence-corrected chi connectivity index (χ3v) is 5.97. The van der Waals surface area contributed by atoms with Crippen molar-refractivity contribution in [1.82, 2.24) is 0 Å². The molecule has 6 nitrogen and oxygen atoms in total. The zero-order valence-electron chi connectivity index (χ0n) is 16.9. The first-order chi connectivity index (χ1) is 14.2. The summed E-state index contributed by atoms with van der Waals surface area (Å²) in [5, 5.41) is 12.5. The first-order valence-corrected chi connectivity index (χ1v) is 10.7. The number of carbonyl (C=O) groups is 1. The minimum Gasteiger partial charge on any atom is -0.508 e. The highest BCUT2D eigenvalue weighted by atomic mass is 16.3. The second kappa shape index (κ2) is 9.18. The maximum atomic E-state index is 12.5. The number of nitrogens with one attached hydrogen (secondary N) is 2. The lowest BCUT2D eigenvalue weighted by molar-refractivity contribution is -0.892. The SMILES string of the molecule is O=C(C[NH+]1CCN(c2ccc(O)cc2)CC1)Nc1ccc(N2CCCCC2)cc1. The van der Waals surface area contributed by atoms with E-state index in [1.54, 1.807) is 12.1 Å². The lowest BCUT2D eigenvalue weighted by Crippen LogP contribution is -3.15. The van der Waals surface area contributed by atoms with Crippen molar-refractivity contribution in [1.29, 1.82) is 0 Å². The Morgan fingerprint density at radius 1 is 0.828 bits per heavy atom. The number of nitrogens with zero attached hydrogens (tertiary/aromatic N) is 2. The van der Waals surface area contributed by atoms with E-state index in [2.05, 4.69) is 27.2 Å². The molecule has 2 aromatic carbocycles. The van der Waals surface area contributed by atoms with Gasteiger partial charge in [0.2, 0.25) is 0 Å². The first kappa shape index (κ1) is 19.6. The topological polar surface area (TPSA) is 60.3 Å². The molecule has 2 aromatic rings. The standard InChI is InChI=1S/C23H30N4O2/c28-22-10-8-21(9-11-22)27-16-14-25(15-17-27)18-23(29)24-19-4-6-20(7-5-19)26-12-2-1-3-13-26/h4-11,28H,1-3,12-18H2,(H,24,29)/p+1. The Balaban J connectivity index is 1.23. The minimum atomic E-state index is 0.0730. The van der Waals surface area contributed by atoms with Crippen LogP contribution in [0.15, 0.2) is 48.5 Å². The van der Waals surface area contributed by atoms with Gasteiger partial charge in [-0.3, -0.25) is 4.79 Å². The highest BCUT2D eigenvalue weighted by molar-refractivity contribution is 5.91. The number of carbonyl (C=O) groups excluding carboxylic acids is 1. The fraction of sp³-hybridized carbons (Fsp3) is 0.435. The van der Waals surface area contributed by atoms with Gasteiger partial charge >= 0.3 is 0 Å². The van der Waals surface area contributed by atoms with E-state index in [0.29, 0.717) is 12.3 Å². The average Bonchev–Trinajstić information content (AvgIpc) is 2.76. The van der Waals surface area contributed by atoms with E-state index in [1.807, 2.05) is 24.3 Å². The van der Waals surface area contributed by atoms with Crippen LogP contribution in [0.2, 0.25) is 0 Å². The molecule has 154 valence electrons. The molecule has 3 N–H and O–H groups in total.